The van der Waals surface area contributed by atoms with Gasteiger partial charge in [-0.1, -0.05) is 6.92 Å². The summed E-state index contributed by atoms with van der Waals surface area (Å²) in [5.41, 5.74) is -0.518. The zero-order chi connectivity index (χ0) is 11.9. The molecule has 0 N–H and O–H groups in total. The topological polar surface area (TPSA) is 69.7 Å². The summed E-state index contributed by atoms with van der Waals surface area (Å²) in [6, 6.07) is 0. The molecule has 0 saturated heterocycles. The predicted molar refractivity (Wildman–Crippen MR) is 59.8 cm³/mol. The minimum absolute atomic E-state index is 0.0111. The SMILES string of the molecule is CCCS(=O)(=O)CP(=O)(OCC)OCC. The van der Waals surface area contributed by atoms with Crippen LogP contribution in [0.3, 0.4) is 0 Å². The fraction of sp³-hybridized carbons (Fsp3) is 1.00. The summed E-state index contributed by atoms with van der Waals surface area (Å²) in [6.07, 6.45) is 0.501. The van der Waals surface area contributed by atoms with Gasteiger partial charge in [0.2, 0.25) is 0 Å². The largest absolute Gasteiger partial charge is 0.345 e. The number of sulfone groups is 1. The van der Waals surface area contributed by atoms with Crippen molar-refractivity contribution in [2.45, 2.75) is 27.2 Å². The first kappa shape index (κ1) is 15.1. The molecule has 15 heavy (non-hydrogen) atoms. The van der Waals surface area contributed by atoms with Crippen LogP contribution < -0.4 is 0 Å². The van der Waals surface area contributed by atoms with E-state index in [1.165, 1.54) is 0 Å². The first-order valence-electron chi connectivity index (χ1n) is 4.97. The van der Waals surface area contributed by atoms with Crippen LogP contribution in [-0.4, -0.2) is 32.9 Å². The van der Waals surface area contributed by atoms with Crippen LogP contribution in [0.2, 0.25) is 0 Å². The van der Waals surface area contributed by atoms with Crippen molar-refractivity contribution in [3.05, 3.63) is 0 Å². The number of hydrogen-bond donors (Lipinski definition) is 0. The Morgan fingerprint density at radius 1 is 1.07 bits per heavy atom. The van der Waals surface area contributed by atoms with Gasteiger partial charge in [-0.25, -0.2) is 8.42 Å². The molecule has 0 rings (SSSR count). The molecule has 0 atom stereocenters. The summed E-state index contributed by atoms with van der Waals surface area (Å²) in [5.74, 6) is 0.0111. The molecule has 0 spiro atoms. The Kier molecular flexibility index (Phi) is 6.68. The van der Waals surface area contributed by atoms with Gasteiger partial charge >= 0.3 is 7.60 Å². The van der Waals surface area contributed by atoms with Gasteiger partial charge in [0.05, 0.1) is 19.0 Å². The lowest BCUT2D eigenvalue weighted by Crippen LogP contribution is -2.13. The van der Waals surface area contributed by atoms with E-state index in [2.05, 4.69) is 0 Å². The van der Waals surface area contributed by atoms with E-state index in [9.17, 15) is 13.0 Å². The van der Waals surface area contributed by atoms with E-state index in [-0.39, 0.29) is 19.0 Å². The van der Waals surface area contributed by atoms with Gasteiger partial charge in [0.1, 0.15) is 0 Å². The molecule has 0 amide bonds. The van der Waals surface area contributed by atoms with Crippen LogP contribution >= 0.6 is 7.60 Å². The monoisotopic (exact) mass is 258 g/mol. The molecule has 5 nitrogen and oxygen atoms in total. The van der Waals surface area contributed by atoms with Crippen LogP contribution in [0, 0.1) is 0 Å². The molecule has 0 aliphatic heterocycles. The van der Waals surface area contributed by atoms with Crippen LogP contribution in [0.15, 0.2) is 0 Å². The summed E-state index contributed by atoms with van der Waals surface area (Å²) in [6.45, 7) is 5.41. The highest BCUT2D eigenvalue weighted by Crippen LogP contribution is 2.49. The van der Waals surface area contributed by atoms with Crippen molar-refractivity contribution in [2.24, 2.45) is 0 Å². The minimum atomic E-state index is -3.46. The summed E-state index contributed by atoms with van der Waals surface area (Å²) >= 11 is 0. The molecular weight excluding hydrogens is 239 g/mol. The third-order valence-corrected chi connectivity index (χ3v) is 6.69. The van der Waals surface area contributed by atoms with Crippen LogP contribution in [0.1, 0.15) is 27.2 Å². The predicted octanol–water partition coefficient (Wildman–Crippen LogP) is 2.03. The van der Waals surface area contributed by atoms with E-state index >= 15 is 0 Å². The highest BCUT2D eigenvalue weighted by atomic mass is 32.2. The van der Waals surface area contributed by atoms with Gasteiger partial charge in [0.15, 0.2) is 15.3 Å². The maximum absolute atomic E-state index is 11.9. The second-order valence-corrected chi connectivity index (χ2v) is 7.69. The third kappa shape index (κ3) is 6.30. The van der Waals surface area contributed by atoms with Crippen LogP contribution in [-0.2, 0) is 23.4 Å². The Balaban J connectivity index is 4.61. The van der Waals surface area contributed by atoms with E-state index < -0.39 is 22.9 Å². The molecule has 0 heterocycles. The van der Waals surface area contributed by atoms with E-state index in [0.29, 0.717) is 6.42 Å². The molecule has 92 valence electrons. The fourth-order valence-corrected chi connectivity index (χ4v) is 5.64. The Morgan fingerprint density at radius 2 is 1.53 bits per heavy atom. The van der Waals surface area contributed by atoms with Crippen molar-refractivity contribution in [3.8, 4) is 0 Å². The van der Waals surface area contributed by atoms with E-state index in [0.717, 1.165) is 0 Å². The molecule has 0 fully saturated rings. The second kappa shape index (κ2) is 6.63. The molecule has 0 aromatic heterocycles. The highest BCUT2D eigenvalue weighted by Gasteiger charge is 2.30. The Bertz CT molecular complexity index is 301. The van der Waals surface area contributed by atoms with Gasteiger partial charge in [0, 0.05) is 0 Å². The lowest BCUT2D eigenvalue weighted by Gasteiger charge is -2.16. The van der Waals surface area contributed by atoms with Crippen molar-refractivity contribution in [2.75, 3.05) is 24.5 Å². The van der Waals surface area contributed by atoms with Crippen LogP contribution in [0.25, 0.3) is 0 Å². The van der Waals surface area contributed by atoms with Gasteiger partial charge in [-0.05, 0) is 20.3 Å². The molecule has 7 heteroatoms. The maximum Gasteiger partial charge on any atom is 0.345 e. The molecule has 0 aliphatic carbocycles. The van der Waals surface area contributed by atoms with Crippen molar-refractivity contribution >= 4 is 17.4 Å². The fourth-order valence-electron chi connectivity index (χ4n) is 1.12. The lowest BCUT2D eigenvalue weighted by molar-refractivity contribution is 0.224. The minimum Gasteiger partial charge on any atom is -0.308 e. The van der Waals surface area contributed by atoms with E-state index in [1.807, 2.05) is 0 Å². The zero-order valence-corrected chi connectivity index (χ0v) is 11.1. The first-order valence-corrected chi connectivity index (χ1v) is 8.52. The Morgan fingerprint density at radius 3 is 1.87 bits per heavy atom. The van der Waals surface area contributed by atoms with Gasteiger partial charge in [0.25, 0.3) is 0 Å². The smallest absolute Gasteiger partial charge is 0.308 e. The standard InChI is InChI=1S/C8H19O5PS/c1-4-7-15(10,11)8-14(9,12-5-2)13-6-3/h4-8H2,1-3H3. The van der Waals surface area contributed by atoms with Gasteiger partial charge < -0.3 is 9.05 Å². The Labute approximate surface area is 91.6 Å². The van der Waals surface area contributed by atoms with Crippen LogP contribution in [0.4, 0.5) is 0 Å². The lowest BCUT2D eigenvalue weighted by atomic mass is 10.6. The molecule has 0 bridgehead atoms. The van der Waals surface area contributed by atoms with Crippen molar-refractivity contribution in [1.82, 2.24) is 0 Å². The summed E-state index contributed by atoms with van der Waals surface area (Å²) < 4.78 is 44.6. The average Bonchev–Trinajstić information content (AvgIpc) is 2.02. The summed E-state index contributed by atoms with van der Waals surface area (Å²) in [4.78, 5) is 0. The number of hydrogen-bond acceptors (Lipinski definition) is 5. The quantitative estimate of drug-likeness (QED) is 0.623. The van der Waals surface area contributed by atoms with Crippen molar-refractivity contribution in [1.29, 1.82) is 0 Å². The second-order valence-electron chi connectivity index (χ2n) is 3.02. The zero-order valence-electron chi connectivity index (χ0n) is 9.43. The molecule has 0 aliphatic rings. The number of rotatable bonds is 8. The molecule has 0 unspecified atom stereocenters. The first-order chi connectivity index (χ1) is 6.89. The molecule has 0 aromatic carbocycles. The van der Waals surface area contributed by atoms with Gasteiger partial charge in [-0.2, -0.15) is 0 Å². The van der Waals surface area contributed by atoms with E-state index in [4.69, 9.17) is 9.05 Å². The van der Waals surface area contributed by atoms with Gasteiger partial charge in [-0.3, -0.25) is 4.57 Å². The van der Waals surface area contributed by atoms with Crippen molar-refractivity contribution < 1.29 is 22.0 Å². The van der Waals surface area contributed by atoms with E-state index in [1.54, 1.807) is 20.8 Å². The third-order valence-electron chi connectivity index (χ3n) is 1.52. The average molecular weight is 258 g/mol. The van der Waals surface area contributed by atoms with Crippen molar-refractivity contribution in [3.63, 3.8) is 0 Å². The molecule has 0 radical (unpaired) electrons. The van der Waals surface area contributed by atoms with Gasteiger partial charge in [-0.15, -0.1) is 0 Å². The molecule has 0 saturated carbocycles. The van der Waals surface area contributed by atoms with Crippen LogP contribution in [0.5, 0.6) is 0 Å². The molecule has 0 aromatic rings. The molecular formula is C8H19O5PS. The highest BCUT2D eigenvalue weighted by molar-refractivity contribution is 7.97. The summed E-state index contributed by atoms with van der Waals surface area (Å²) in [7, 11) is -6.81. The Hall–Kier alpha value is 0.1000. The maximum atomic E-state index is 11.9. The summed E-state index contributed by atoms with van der Waals surface area (Å²) in [5, 5.41) is 0. The normalized spacial score (nSPS) is 13.0.